The van der Waals surface area contributed by atoms with E-state index in [1.165, 1.54) is 4.68 Å². The van der Waals surface area contributed by atoms with E-state index < -0.39 is 0 Å². The summed E-state index contributed by atoms with van der Waals surface area (Å²) in [4.78, 5) is 0. The van der Waals surface area contributed by atoms with Crippen molar-refractivity contribution < 1.29 is 4.39 Å². The number of nitrogens with zero attached hydrogens (tertiary/aromatic N) is 2. The number of halogens is 1. The Balaban J connectivity index is 3.15. The van der Waals surface area contributed by atoms with Gasteiger partial charge in [0.25, 0.3) is 0 Å². The van der Waals surface area contributed by atoms with Crippen LogP contribution in [0, 0.1) is 5.95 Å². The highest BCUT2D eigenvalue weighted by Crippen LogP contribution is 2.23. The molecule has 0 aliphatic carbocycles. The van der Waals surface area contributed by atoms with Crippen molar-refractivity contribution in [1.82, 2.24) is 9.78 Å². The fourth-order valence-electron chi connectivity index (χ4n) is 0.926. The molecule has 0 bridgehead atoms. The molecule has 0 unspecified atom stereocenters. The molecule has 2 nitrogen and oxygen atoms in total. The van der Waals surface area contributed by atoms with Crippen molar-refractivity contribution >= 4 is 0 Å². The van der Waals surface area contributed by atoms with E-state index in [0.717, 1.165) is 0 Å². The number of hydrogen-bond acceptors (Lipinski definition) is 1. The largest absolute Gasteiger partial charge is 0.242 e. The van der Waals surface area contributed by atoms with Crippen LogP contribution in [-0.4, -0.2) is 9.78 Å². The maximum absolute atomic E-state index is 13.2. The lowest BCUT2D eigenvalue weighted by molar-refractivity contribution is 0.464. The summed E-state index contributed by atoms with van der Waals surface area (Å²) in [5, 5.41) is 3.82. The van der Waals surface area contributed by atoms with Crippen LogP contribution in [0.25, 0.3) is 0 Å². The SMILES string of the molecule is Cn1ncc(C(C)(C)C)c1F. The van der Waals surface area contributed by atoms with Crippen molar-refractivity contribution in [2.45, 2.75) is 26.2 Å². The first-order chi connectivity index (χ1) is 4.93. The molecule has 0 aliphatic rings. The van der Waals surface area contributed by atoms with Crippen LogP contribution in [-0.2, 0) is 12.5 Å². The van der Waals surface area contributed by atoms with E-state index in [0.29, 0.717) is 5.56 Å². The van der Waals surface area contributed by atoms with E-state index in [9.17, 15) is 4.39 Å². The molecule has 0 aliphatic heterocycles. The lowest BCUT2D eigenvalue weighted by atomic mass is 9.89. The van der Waals surface area contributed by atoms with E-state index in [2.05, 4.69) is 5.10 Å². The Kier molecular flexibility index (Phi) is 1.74. The topological polar surface area (TPSA) is 17.8 Å². The lowest BCUT2D eigenvalue weighted by Crippen LogP contribution is -2.12. The van der Waals surface area contributed by atoms with Gasteiger partial charge in [-0.05, 0) is 5.41 Å². The van der Waals surface area contributed by atoms with Gasteiger partial charge in [-0.25, -0.2) is 4.68 Å². The fraction of sp³-hybridized carbons (Fsp3) is 0.625. The fourth-order valence-corrected chi connectivity index (χ4v) is 0.926. The van der Waals surface area contributed by atoms with Gasteiger partial charge in [0, 0.05) is 12.6 Å². The van der Waals surface area contributed by atoms with E-state index >= 15 is 0 Å². The zero-order valence-electron chi connectivity index (χ0n) is 7.35. The van der Waals surface area contributed by atoms with Crippen molar-refractivity contribution in [3.63, 3.8) is 0 Å². The van der Waals surface area contributed by atoms with Crippen LogP contribution in [0.1, 0.15) is 26.3 Å². The molecule has 0 radical (unpaired) electrons. The minimum Gasteiger partial charge on any atom is -0.242 e. The summed E-state index contributed by atoms with van der Waals surface area (Å²) in [5.41, 5.74) is 0.512. The average molecular weight is 156 g/mol. The van der Waals surface area contributed by atoms with Gasteiger partial charge in [-0.3, -0.25) is 0 Å². The van der Waals surface area contributed by atoms with Gasteiger partial charge in [-0.2, -0.15) is 9.49 Å². The summed E-state index contributed by atoms with van der Waals surface area (Å²) in [7, 11) is 1.60. The average Bonchev–Trinajstić information content (AvgIpc) is 2.11. The molecule has 0 saturated carbocycles. The number of aryl methyl sites for hydroxylation is 1. The second-order valence-corrected chi connectivity index (χ2v) is 3.72. The second kappa shape index (κ2) is 2.32. The molecule has 1 aromatic heterocycles. The molecular formula is C8H13FN2. The van der Waals surface area contributed by atoms with Gasteiger partial charge >= 0.3 is 0 Å². The van der Waals surface area contributed by atoms with Crippen molar-refractivity contribution in [2.24, 2.45) is 7.05 Å². The summed E-state index contributed by atoms with van der Waals surface area (Å²) in [6, 6.07) is 0. The van der Waals surface area contributed by atoms with Gasteiger partial charge in [-0.15, -0.1) is 0 Å². The molecule has 11 heavy (non-hydrogen) atoms. The van der Waals surface area contributed by atoms with E-state index in [1.807, 2.05) is 20.8 Å². The summed E-state index contributed by atoms with van der Waals surface area (Å²) in [6.45, 7) is 5.90. The quantitative estimate of drug-likeness (QED) is 0.560. The summed E-state index contributed by atoms with van der Waals surface area (Å²) in [5.74, 6) is -0.238. The standard InChI is InChI=1S/C8H13FN2/c1-8(2,3)6-5-10-11(4)7(6)9/h5H,1-4H3. The van der Waals surface area contributed by atoms with E-state index in [-0.39, 0.29) is 11.4 Å². The van der Waals surface area contributed by atoms with Gasteiger partial charge in [0.1, 0.15) is 0 Å². The first kappa shape index (κ1) is 8.24. The molecule has 1 heterocycles. The lowest BCUT2D eigenvalue weighted by Gasteiger charge is -2.15. The molecule has 62 valence electrons. The molecule has 0 spiro atoms. The normalized spacial score (nSPS) is 12.1. The first-order valence-electron chi connectivity index (χ1n) is 3.61. The monoisotopic (exact) mass is 156 g/mol. The van der Waals surface area contributed by atoms with E-state index in [1.54, 1.807) is 13.2 Å². The molecule has 3 heteroatoms. The van der Waals surface area contributed by atoms with Gasteiger partial charge in [0.05, 0.1) is 6.20 Å². The van der Waals surface area contributed by atoms with Gasteiger partial charge < -0.3 is 0 Å². The van der Waals surface area contributed by atoms with Crippen LogP contribution in [0.4, 0.5) is 4.39 Å². The van der Waals surface area contributed by atoms with E-state index in [4.69, 9.17) is 0 Å². The number of rotatable bonds is 0. The molecule has 0 atom stereocenters. The molecule has 0 saturated heterocycles. The highest BCUT2D eigenvalue weighted by molar-refractivity contribution is 5.16. The first-order valence-corrected chi connectivity index (χ1v) is 3.61. The van der Waals surface area contributed by atoms with Gasteiger partial charge in [-0.1, -0.05) is 20.8 Å². The van der Waals surface area contributed by atoms with Crippen molar-refractivity contribution in [3.8, 4) is 0 Å². The van der Waals surface area contributed by atoms with Crippen LogP contribution in [0.5, 0.6) is 0 Å². The van der Waals surface area contributed by atoms with Crippen molar-refractivity contribution in [3.05, 3.63) is 17.7 Å². The Morgan fingerprint density at radius 1 is 1.45 bits per heavy atom. The highest BCUT2D eigenvalue weighted by Gasteiger charge is 2.21. The van der Waals surface area contributed by atoms with Crippen LogP contribution in [0.3, 0.4) is 0 Å². The minimum absolute atomic E-state index is 0.154. The molecule has 0 amide bonds. The third-order valence-corrected chi connectivity index (χ3v) is 1.67. The number of hydrogen-bond donors (Lipinski definition) is 0. The summed E-state index contributed by atoms with van der Waals surface area (Å²) < 4.78 is 14.4. The minimum atomic E-state index is -0.238. The predicted octanol–water partition coefficient (Wildman–Crippen LogP) is 1.86. The molecule has 0 fully saturated rings. The highest BCUT2D eigenvalue weighted by atomic mass is 19.1. The maximum Gasteiger partial charge on any atom is 0.214 e. The predicted molar refractivity (Wildman–Crippen MR) is 41.9 cm³/mol. The summed E-state index contributed by atoms with van der Waals surface area (Å²) >= 11 is 0. The van der Waals surface area contributed by atoms with Gasteiger partial charge in [0.2, 0.25) is 5.95 Å². The third kappa shape index (κ3) is 1.42. The molecule has 0 aromatic carbocycles. The molecule has 1 aromatic rings. The summed E-state index contributed by atoms with van der Waals surface area (Å²) in [6.07, 6.45) is 1.58. The number of aromatic nitrogens is 2. The molecule has 1 rings (SSSR count). The smallest absolute Gasteiger partial charge is 0.214 e. The zero-order chi connectivity index (χ0) is 8.65. The Hall–Kier alpha value is -0.860. The molecular weight excluding hydrogens is 143 g/mol. The maximum atomic E-state index is 13.2. The van der Waals surface area contributed by atoms with Gasteiger partial charge in [0.15, 0.2) is 0 Å². The van der Waals surface area contributed by atoms with Crippen LogP contribution in [0.2, 0.25) is 0 Å². The molecule has 0 N–H and O–H groups in total. The van der Waals surface area contributed by atoms with Crippen molar-refractivity contribution in [1.29, 1.82) is 0 Å². The third-order valence-electron chi connectivity index (χ3n) is 1.67. The van der Waals surface area contributed by atoms with Crippen LogP contribution >= 0.6 is 0 Å². The second-order valence-electron chi connectivity index (χ2n) is 3.72. The Labute approximate surface area is 66.0 Å². The Bertz CT molecular complexity index is 258. The Morgan fingerprint density at radius 3 is 2.18 bits per heavy atom. The zero-order valence-corrected chi connectivity index (χ0v) is 7.35. The van der Waals surface area contributed by atoms with Crippen LogP contribution < -0.4 is 0 Å². The van der Waals surface area contributed by atoms with Crippen LogP contribution in [0.15, 0.2) is 6.20 Å². The Morgan fingerprint density at radius 2 is 2.00 bits per heavy atom. The van der Waals surface area contributed by atoms with Crippen molar-refractivity contribution in [2.75, 3.05) is 0 Å².